The number of nitrogens with one attached hydrogen (secondary N) is 1. The number of rotatable bonds is 3. The summed E-state index contributed by atoms with van der Waals surface area (Å²) in [5.74, 6) is -1.13. The van der Waals surface area contributed by atoms with Gasteiger partial charge in [-0.1, -0.05) is 0 Å². The Bertz CT molecular complexity index is 589. The Morgan fingerprint density at radius 3 is 2.88 bits per heavy atom. The summed E-state index contributed by atoms with van der Waals surface area (Å²) in [6.07, 6.45) is 1.59. The molecule has 1 aromatic carbocycles. The van der Waals surface area contributed by atoms with Gasteiger partial charge in [0.25, 0.3) is 0 Å². The molecule has 0 saturated heterocycles. The molecule has 0 saturated carbocycles. The zero-order chi connectivity index (χ0) is 12.4. The third kappa shape index (κ3) is 2.41. The van der Waals surface area contributed by atoms with Gasteiger partial charge in [0.05, 0.1) is 11.7 Å². The van der Waals surface area contributed by atoms with Crippen LogP contribution < -0.4 is 5.32 Å². The number of carboxylic acid groups (broad SMARTS) is 1. The van der Waals surface area contributed by atoms with Gasteiger partial charge >= 0.3 is 5.97 Å². The van der Waals surface area contributed by atoms with Crippen LogP contribution in [0.5, 0.6) is 0 Å². The maximum atomic E-state index is 10.9. The summed E-state index contributed by atoms with van der Waals surface area (Å²) in [6, 6.07) is 5.23. The minimum Gasteiger partial charge on any atom is -0.480 e. The van der Waals surface area contributed by atoms with Crippen molar-refractivity contribution in [2.24, 2.45) is 0 Å². The van der Waals surface area contributed by atoms with Gasteiger partial charge in [-0.2, -0.15) is 5.10 Å². The Morgan fingerprint density at radius 1 is 1.47 bits per heavy atom. The fourth-order valence-electron chi connectivity index (χ4n) is 1.61. The molecular formula is C11H11N3O3. The number of anilines is 1. The third-order valence-corrected chi connectivity index (χ3v) is 2.25. The van der Waals surface area contributed by atoms with Crippen LogP contribution in [0.3, 0.4) is 0 Å². The van der Waals surface area contributed by atoms with E-state index < -0.39 is 5.97 Å². The molecule has 88 valence electrons. The number of carbonyl (C=O) groups excluding carboxylic acids is 1. The lowest BCUT2D eigenvalue weighted by Gasteiger charge is -2.03. The zero-order valence-corrected chi connectivity index (χ0v) is 9.17. The van der Waals surface area contributed by atoms with Gasteiger partial charge in [0.1, 0.15) is 6.54 Å². The minimum absolute atomic E-state index is 0.173. The molecule has 0 atom stereocenters. The van der Waals surface area contributed by atoms with E-state index in [2.05, 4.69) is 10.4 Å². The number of amides is 1. The maximum absolute atomic E-state index is 10.9. The molecule has 2 rings (SSSR count). The lowest BCUT2D eigenvalue weighted by Crippen LogP contribution is -2.10. The van der Waals surface area contributed by atoms with E-state index in [0.717, 1.165) is 5.39 Å². The van der Waals surface area contributed by atoms with Crippen LogP contribution in [0.15, 0.2) is 24.4 Å². The molecule has 6 heteroatoms. The molecule has 1 heterocycles. The summed E-state index contributed by atoms with van der Waals surface area (Å²) in [7, 11) is 0. The molecule has 0 aliphatic heterocycles. The van der Waals surface area contributed by atoms with Crippen molar-refractivity contribution in [1.82, 2.24) is 9.78 Å². The standard InChI is InChI=1S/C11H11N3O3/c1-7(15)13-9-3-2-8-5-12-14(6-11(16)17)10(8)4-9/h2-5H,6H2,1H3,(H,13,15)(H,16,17). The second kappa shape index (κ2) is 4.25. The Labute approximate surface area is 96.8 Å². The lowest BCUT2D eigenvalue weighted by molar-refractivity contribution is -0.137. The fourth-order valence-corrected chi connectivity index (χ4v) is 1.61. The van der Waals surface area contributed by atoms with Gasteiger partial charge in [-0.25, -0.2) is 0 Å². The molecule has 6 nitrogen and oxygen atoms in total. The van der Waals surface area contributed by atoms with E-state index in [0.29, 0.717) is 11.2 Å². The van der Waals surface area contributed by atoms with Crippen molar-refractivity contribution < 1.29 is 14.7 Å². The molecule has 2 N–H and O–H groups in total. The first-order valence-electron chi connectivity index (χ1n) is 5.01. The van der Waals surface area contributed by atoms with Crippen molar-refractivity contribution in [3.8, 4) is 0 Å². The second-order valence-electron chi connectivity index (χ2n) is 3.65. The summed E-state index contributed by atoms with van der Waals surface area (Å²) in [4.78, 5) is 21.6. The van der Waals surface area contributed by atoms with E-state index in [-0.39, 0.29) is 12.5 Å². The molecule has 0 aliphatic carbocycles. The number of hydrogen-bond donors (Lipinski definition) is 2. The molecule has 2 aromatic rings. The van der Waals surface area contributed by atoms with Crippen LogP contribution in [0.25, 0.3) is 10.9 Å². The highest BCUT2D eigenvalue weighted by molar-refractivity contribution is 5.92. The lowest BCUT2D eigenvalue weighted by atomic mass is 10.2. The average Bonchev–Trinajstić information content (AvgIpc) is 2.59. The second-order valence-corrected chi connectivity index (χ2v) is 3.65. The van der Waals surface area contributed by atoms with Crippen LogP contribution in [-0.4, -0.2) is 26.8 Å². The Balaban J connectivity index is 2.42. The topological polar surface area (TPSA) is 84.2 Å². The minimum atomic E-state index is -0.958. The summed E-state index contributed by atoms with van der Waals surface area (Å²) in [6.45, 7) is 1.21. The van der Waals surface area contributed by atoms with Gasteiger partial charge in [0, 0.05) is 18.0 Å². The van der Waals surface area contributed by atoms with Crippen LogP contribution >= 0.6 is 0 Å². The highest BCUT2D eigenvalue weighted by atomic mass is 16.4. The zero-order valence-electron chi connectivity index (χ0n) is 9.17. The maximum Gasteiger partial charge on any atom is 0.325 e. The van der Waals surface area contributed by atoms with Gasteiger partial charge < -0.3 is 10.4 Å². The smallest absolute Gasteiger partial charge is 0.325 e. The van der Waals surface area contributed by atoms with E-state index in [1.807, 2.05) is 0 Å². The van der Waals surface area contributed by atoms with Crippen LogP contribution in [0, 0.1) is 0 Å². The van der Waals surface area contributed by atoms with Gasteiger partial charge in [-0.05, 0) is 18.2 Å². The van der Waals surface area contributed by atoms with Crippen molar-refractivity contribution in [3.63, 3.8) is 0 Å². The number of benzene rings is 1. The number of aliphatic carboxylic acids is 1. The molecule has 1 aromatic heterocycles. The molecule has 1 amide bonds. The Hall–Kier alpha value is -2.37. The van der Waals surface area contributed by atoms with E-state index >= 15 is 0 Å². The first-order valence-corrected chi connectivity index (χ1v) is 5.01. The molecule has 0 unspecified atom stereocenters. The van der Waals surface area contributed by atoms with Crippen molar-refractivity contribution in [2.75, 3.05) is 5.32 Å². The number of aromatic nitrogens is 2. The largest absolute Gasteiger partial charge is 0.480 e. The highest BCUT2D eigenvalue weighted by Gasteiger charge is 2.07. The first kappa shape index (κ1) is 11.1. The molecule has 0 spiro atoms. The molecule has 17 heavy (non-hydrogen) atoms. The van der Waals surface area contributed by atoms with E-state index in [4.69, 9.17) is 5.11 Å². The molecule has 0 radical (unpaired) electrons. The fraction of sp³-hybridized carbons (Fsp3) is 0.182. The van der Waals surface area contributed by atoms with Crippen LogP contribution in [0.1, 0.15) is 6.92 Å². The van der Waals surface area contributed by atoms with E-state index in [1.165, 1.54) is 11.6 Å². The van der Waals surface area contributed by atoms with Gasteiger partial charge in [0.2, 0.25) is 5.91 Å². The monoisotopic (exact) mass is 233 g/mol. The van der Waals surface area contributed by atoms with Crippen molar-refractivity contribution >= 4 is 28.5 Å². The van der Waals surface area contributed by atoms with Gasteiger partial charge in [0.15, 0.2) is 0 Å². The van der Waals surface area contributed by atoms with Gasteiger partial charge in [-0.15, -0.1) is 0 Å². The predicted molar refractivity (Wildman–Crippen MR) is 61.7 cm³/mol. The predicted octanol–water partition coefficient (Wildman–Crippen LogP) is 1.08. The van der Waals surface area contributed by atoms with Crippen LogP contribution in [0.2, 0.25) is 0 Å². The quantitative estimate of drug-likeness (QED) is 0.830. The first-order chi connectivity index (χ1) is 8.06. The molecule has 0 fully saturated rings. The normalized spacial score (nSPS) is 10.4. The molecule has 0 aliphatic rings. The highest BCUT2D eigenvalue weighted by Crippen LogP contribution is 2.18. The number of nitrogens with zero attached hydrogens (tertiary/aromatic N) is 2. The van der Waals surface area contributed by atoms with E-state index in [9.17, 15) is 9.59 Å². The Kier molecular flexibility index (Phi) is 2.78. The number of carboxylic acids is 1. The summed E-state index contributed by atoms with van der Waals surface area (Å²) in [5.41, 5.74) is 1.30. The van der Waals surface area contributed by atoms with Crippen LogP contribution in [-0.2, 0) is 16.1 Å². The van der Waals surface area contributed by atoms with E-state index in [1.54, 1.807) is 24.4 Å². The van der Waals surface area contributed by atoms with Crippen molar-refractivity contribution in [1.29, 1.82) is 0 Å². The van der Waals surface area contributed by atoms with Crippen molar-refractivity contribution in [2.45, 2.75) is 13.5 Å². The third-order valence-electron chi connectivity index (χ3n) is 2.25. The Morgan fingerprint density at radius 2 is 2.24 bits per heavy atom. The van der Waals surface area contributed by atoms with Crippen molar-refractivity contribution in [3.05, 3.63) is 24.4 Å². The number of carbonyl (C=O) groups is 2. The molecule has 0 bridgehead atoms. The summed E-state index contributed by atoms with van der Waals surface area (Å²) >= 11 is 0. The van der Waals surface area contributed by atoms with Gasteiger partial charge in [-0.3, -0.25) is 14.3 Å². The van der Waals surface area contributed by atoms with Crippen LogP contribution in [0.4, 0.5) is 5.69 Å². The molecular weight excluding hydrogens is 222 g/mol. The number of fused-ring (bicyclic) bond motifs is 1. The average molecular weight is 233 g/mol. The summed E-state index contributed by atoms with van der Waals surface area (Å²) in [5, 5.41) is 16.2. The SMILES string of the molecule is CC(=O)Nc1ccc2cnn(CC(=O)O)c2c1. The number of hydrogen-bond acceptors (Lipinski definition) is 3. The summed E-state index contributed by atoms with van der Waals surface area (Å²) < 4.78 is 1.38.